The van der Waals surface area contributed by atoms with Crippen LogP contribution in [-0.2, 0) is 17.1 Å². The van der Waals surface area contributed by atoms with Crippen molar-refractivity contribution in [2.45, 2.75) is 44.5 Å². The molecule has 1 fully saturated rings. The number of hydrogen-bond acceptors (Lipinski definition) is 4. The number of carbonyl (C=O) groups is 1. The Kier molecular flexibility index (Phi) is 13.4. The summed E-state index contributed by atoms with van der Waals surface area (Å²) in [7, 11) is 3.65. The maximum atomic E-state index is 13.5. The third-order valence-corrected chi connectivity index (χ3v) is 5.82. The largest absolute Gasteiger partial charge is 0.357 e. The molecule has 0 saturated carbocycles. The van der Waals surface area contributed by atoms with Crippen LogP contribution in [0.4, 0.5) is 4.39 Å². The Bertz CT molecular complexity index is 719. The Balaban J connectivity index is 0.00000480. The second kappa shape index (κ2) is 14.9. The molecule has 2 rings (SSSR count). The van der Waals surface area contributed by atoms with Gasteiger partial charge >= 0.3 is 0 Å². The number of amides is 1. The van der Waals surface area contributed by atoms with Crippen LogP contribution in [0.15, 0.2) is 23.2 Å². The number of halogens is 2. The number of benzene rings is 1. The number of thioether (sulfide) groups is 1. The van der Waals surface area contributed by atoms with E-state index in [0.717, 1.165) is 68.3 Å². The quantitative estimate of drug-likeness (QED) is 0.198. The van der Waals surface area contributed by atoms with Crippen molar-refractivity contribution in [2.24, 2.45) is 4.99 Å². The third kappa shape index (κ3) is 9.13. The Labute approximate surface area is 207 Å². The molecule has 1 unspecified atom stereocenters. The highest BCUT2D eigenvalue weighted by Gasteiger charge is 2.30. The van der Waals surface area contributed by atoms with Crippen molar-refractivity contribution in [3.05, 3.63) is 35.1 Å². The van der Waals surface area contributed by atoms with E-state index in [4.69, 9.17) is 0 Å². The molecule has 0 aliphatic carbocycles. The molecule has 1 heterocycles. The van der Waals surface area contributed by atoms with E-state index in [9.17, 15) is 9.18 Å². The lowest BCUT2D eigenvalue weighted by Crippen LogP contribution is -2.44. The summed E-state index contributed by atoms with van der Waals surface area (Å²) in [5.74, 6) is 1.54. The van der Waals surface area contributed by atoms with Gasteiger partial charge in [-0.2, -0.15) is 11.8 Å². The van der Waals surface area contributed by atoms with Crippen LogP contribution in [0.2, 0.25) is 0 Å². The van der Waals surface area contributed by atoms with Gasteiger partial charge in [-0.15, -0.1) is 24.0 Å². The van der Waals surface area contributed by atoms with E-state index in [1.165, 1.54) is 6.07 Å². The van der Waals surface area contributed by atoms with Crippen LogP contribution in [0.5, 0.6) is 0 Å². The summed E-state index contributed by atoms with van der Waals surface area (Å²) >= 11 is 1.68. The molecule has 0 spiro atoms. The molecule has 1 saturated heterocycles. The van der Waals surface area contributed by atoms with Gasteiger partial charge in [0.15, 0.2) is 5.96 Å². The summed E-state index contributed by atoms with van der Waals surface area (Å²) in [5.41, 5.74) is 2.04. The highest BCUT2D eigenvalue weighted by Crippen LogP contribution is 2.19. The Hall–Kier alpha value is -1.07. The van der Waals surface area contributed by atoms with E-state index < -0.39 is 0 Å². The molecule has 6 nitrogen and oxygen atoms in total. The number of aliphatic imine (C=N–C) groups is 1. The fraction of sp³-hybridized carbons (Fsp3) is 0.636. The van der Waals surface area contributed by atoms with Gasteiger partial charge in [-0.05, 0) is 62.2 Å². The first-order valence-electron chi connectivity index (χ1n) is 10.7. The normalized spacial score (nSPS) is 16.7. The van der Waals surface area contributed by atoms with E-state index in [-0.39, 0.29) is 41.7 Å². The second-order valence-electron chi connectivity index (χ2n) is 7.75. The molecule has 2 N–H and O–H groups in total. The van der Waals surface area contributed by atoms with Crippen molar-refractivity contribution in [3.63, 3.8) is 0 Å². The number of hydrogen-bond donors (Lipinski definition) is 2. The molecule has 9 heteroatoms. The van der Waals surface area contributed by atoms with E-state index in [0.29, 0.717) is 6.54 Å². The number of likely N-dealkylation sites (N-methyl/N-ethyl adjacent to an activating group) is 1. The lowest BCUT2D eigenvalue weighted by molar-refractivity contribution is -0.133. The first-order chi connectivity index (χ1) is 14.5. The van der Waals surface area contributed by atoms with Crippen LogP contribution >= 0.6 is 35.7 Å². The molecule has 0 aromatic heterocycles. The van der Waals surface area contributed by atoms with Gasteiger partial charge in [0.1, 0.15) is 5.82 Å². The lowest BCUT2D eigenvalue weighted by Gasteiger charge is -2.26. The fourth-order valence-electron chi connectivity index (χ4n) is 3.71. The first kappa shape index (κ1) is 28.0. The van der Waals surface area contributed by atoms with Gasteiger partial charge in [0.05, 0.1) is 12.6 Å². The van der Waals surface area contributed by atoms with Crippen LogP contribution < -0.4 is 10.6 Å². The molecular weight excluding hydrogens is 528 g/mol. The molecule has 1 aromatic rings. The van der Waals surface area contributed by atoms with Crippen molar-refractivity contribution in [1.82, 2.24) is 20.4 Å². The van der Waals surface area contributed by atoms with Crippen LogP contribution in [0.1, 0.15) is 37.3 Å². The fourth-order valence-corrected chi connectivity index (χ4v) is 4.28. The minimum absolute atomic E-state index is 0. The number of rotatable bonds is 10. The van der Waals surface area contributed by atoms with Crippen LogP contribution in [-0.4, -0.2) is 74.2 Å². The smallest absolute Gasteiger partial charge is 0.239 e. The topological polar surface area (TPSA) is 60.0 Å². The molecule has 31 heavy (non-hydrogen) atoms. The highest BCUT2D eigenvalue weighted by atomic mass is 127. The zero-order valence-electron chi connectivity index (χ0n) is 19.1. The summed E-state index contributed by atoms with van der Waals surface area (Å²) in [6.45, 7) is 5.99. The molecule has 1 aliphatic rings. The summed E-state index contributed by atoms with van der Waals surface area (Å²) in [4.78, 5) is 21.0. The zero-order chi connectivity index (χ0) is 21.9. The van der Waals surface area contributed by atoms with E-state index in [1.807, 2.05) is 33.3 Å². The number of guanidine groups is 1. The van der Waals surface area contributed by atoms with Crippen LogP contribution in [0.3, 0.4) is 0 Å². The van der Waals surface area contributed by atoms with Gasteiger partial charge in [-0.25, -0.2) is 9.38 Å². The summed E-state index contributed by atoms with van der Waals surface area (Å²) < 4.78 is 13.5. The van der Waals surface area contributed by atoms with Gasteiger partial charge in [0.2, 0.25) is 5.91 Å². The maximum Gasteiger partial charge on any atom is 0.239 e. The van der Waals surface area contributed by atoms with E-state index >= 15 is 0 Å². The maximum absolute atomic E-state index is 13.5. The minimum atomic E-state index is -0.204. The number of nitrogens with zero attached hydrogens (tertiary/aromatic N) is 3. The minimum Gasteiger partial charge on any atom is -0.357 e. The summed E-state index contributed by atoms with van der Waals surface area (Å²) in [6, 6.07) is 4.94. The predicted octanol–water partition coefficient (Wildman–Crippen LogP) is 3.30. The van der Waals surface area contributed by atoms with Gasteiger partial charge < -0.3 is 15.5 Å². The van der Waals surface area contributed by atoms with Gasteiger partial charge in [-0.1, -0.05) is 6.07 Å². The van der Waals surface area contributed by atoms with E-state index in [1.54, 1.807) is 22.7 Å². The van der Waals surface area contributed by atoms with Crippen molar-refractivity contribution in [2.75, 3.05) is 46.5 Å². The van der Waals surface area contributed by atoms with E-state index in [2.05, 4.69) is 20.5 Å². The second-order valence-corrected chi connectivity index (χ2v) is 8.61. The van der Waals surface area contributed by atoms with Gasteiger partial charge in [0, 0.05) is 39.5 Å². The molecule has 1 aromatic carbocycles. The summed E-state index contributed by atoms with van der Waals surface area (Å²) in [6.07, 6.45) is 4.99. The van der Waals surface area contributed by atoms with Crippen molar-refractivity contribution < 1.29 is 9.18 Å². The molecule has 176 valence electrons. The van der Waals surface area contributed by atoms with Crippen molar-refractivity contribution in [3.8, 4) is 0 Å². The monoisotopic (exact) mass is 565 g/mol. The van der Waals surface area contributed by atoms with Gasteiger partial charge in [0.25, 0.3) is 0 Å². The molecule has 0 bridgehead atoms. The zero-order valence-corrected chi connectivity index (χ0v) is 22.3. The summed E-state index contributed by atoms with van der Waals surface area (Å²) in [5, 5.41) is 6.65. The standard InChI is InChI=1S/C22H36FN5OS.HI/c1-5-24-22(26-15-17-9-10-19(23)14-18(17)16-30-4)25-11-7-13-28-12-6-8-20(28)21(29)27(2)3;/h9-10,14,20H,5-8,11-13,15-16H2,1-4H3,(H2,24,25,26);1H. The molecule has 1 atom stereocenters. The SMILES string of the molecule is CCNC(=NCc1ccc(F)cc1CSC)NCCCN1CCCC1C(=O)N(C)C.I. The van der Waals surface area contributed by atoms with Crippen molar-refractivity contribution in [1.29, 1.82) is 0 Å². The molecule has 1 amide bonds. The molecular formula is C22H37FIN5OS. The Morgan fingerprint density at radius 1 is 1.32 bits per heavy atom. The molecule has 0 radical (unpaired) electrons. The average molecular weight is 566 g/mol. The van der Waals surface area contributed by atoms with Crippen LogP contribution in [0.25, 0.3) is 0 Å². The van der Waals surface area contributed by atoms with Crippen molar-refractivity contribution >= 4 is 47.6 Å². The number of carbonyl (C=O) groups excluding carboxylic acids is 1. The Morgan fingerprint density at radius 3 is 2.77 bits per heavy atom. The third-order valence-electron chi connectivity index (χ3n) is 5.22. The van der Waals surface area contributed by atoms with Gasteiger partial charge in [-0.3, -0.25) is 9.69 Å². The first-order valence-corrected chi connectivity index (χ1v) is 12.1. The number of likely N-dealkylation sites (tertiary alicyclic amines) is 1. The predicted molar refractivity (Wildman–Crippen MR) is 140 cm³/mol. The lowest BCUT2D eigenvalue weighted by atomic mass is 10.1. The average Bonchev–Trinajstić information content (AvgIpc) is 3.18. The number of nitrogens with one attached hydrogen (secondary N) is 2. The van der Waals surface area contributed by atoms with Crippen LogP contribution in [0, 0.1) is 5.82 Å². The Morgan fingerprint density at radius 2 is 2.10 bits per heavy atom. The highest BCUT2D eigenvalue weighted by molar-refractivity contribution is 14.0. The molecule has 1 aliphatic heterocycles.